The van der Waals surface area contributed by atoms with Crippen LogP contribution >= 0.6 is 22.9 Å². The molecule has 1 amide bonds. The number of nitro groups is 1. The molecule has 1 aliphatic heterocycles. The minimum atomic E-state index is -0.355. The highest BCUT2D eigenvalue weighted by atomic mass is 35.5. The molecule has 1 fully saturated rings. The lowest BCUT2D eigenvalue weighted by Crippen LogP contribution is -2.41. The number of carbonyl (C=O) groups excluding carboxylic acids is 1. The van der Waals surface area contributed by atoms with Crippen molar-refractivity contribution < 1.29 is 9.72 Å². The summed E-state index contributed by atoms with van der Waals surface area (Å²) in [5.74, 6) is 0.0752. The summed E-state index contributed by atoms with van der Waals surface area (Å²) in [4.78, 5) is 28.4. The summed E-state index contributed by atoms with van der Waals surface area (Å²) in [7, 11) is 1.81. The van der Waals surface area contributed by atoms with Gasteiger partial charge in [0.2, 0.25) is 5.91 Å². The molecule has 0 unspecified atom stereocenters. The number of nitro benzene ring substituents is 1. The summed E-state index contributed by atoms with van der Waals surface area (Å²) in [5.41, 5.74) is 0.744. The van der Waals surface area contributed by atoms with Crippen molar-refractivity contribution in [2.75, 3.05) is 25.0 Å². The number of halogens is 1. The SMILES string of the molecule is CN(Cc1ccc(Cl)s1)C(=O)C1CCN(c2ccccc2[N+](=O)[O-])CC1. The van der Waals surface area contributed by atoms with E-state index in [1.807, 2.05) is 24.1 Å². The molecule has 0 spiro atoms. The number of para-hydroxylation sites is 2. The Morgan fingerprint density at radius 2 is 2.00 bits per heavy atom. The molecule has 8 heteroatoms. The van der Waals surface area contributed by atoms with Crippen LogP contribution in [0.15, 0.2) is 36.4 Å². The molecule has 138 valence electrons. The average Bonchev–Trinajstić information content (AvgIpc) is 3.06. The van der Waals surface area contributed by atoms with Crippen molar-refractivity contribution in [3.05, 3.63) is 55.7 Å². The van der Waals surface area contributed by atoms with Gasteiger partial charge in [0.25, 0.3) is 5.69 Å². The molecule has 1 aliphatic rings. The summed E-state index contributed by atoms with van der Waals surface area (Å²) in [5, 5.41) is 11.2. The van der Waals surface area contributed by atoms with Crippen LogP contribution in [-0.4, -0.2) is 35.9 Å². The maximum atomic E-state index is 12.7. The lowest BCUT2D eigenvalue weighted by molar-refractivity contribution is -0.384. The summed E-state index contributed by atoms with van der Waals surface area (Å²) in [6.45, 7) is 1.83. The summed E-state index contributed by atoms with van der Waals surface area (Å²) in [6.07, 6.45) is 1.39. The van der Waals surface area contributed by atoms with Crippen LogP contribution < -0.4 is 4.90 Å². The lowest BCUT2D eigenvalue weighted by Gasteiger charge is -2.34. The second kappa shape index (κ2) is 8.05. The third kappa shape index (κ3) is 4.16. The van der Waals surface area contributed by atoms with Crippen molar-refractivity contribution in [1.82, 2.24) is 4.90 Å². The van der Waals surface area contributed by atoms with Gasteiger partial charge in [0.15, 0.2) is 0 Å². The molecule has 0 atom stereocenters. The molecule has 26 heavy (non-hydrogen) atoms. The molecular formula is C18H20ClN3O3S. The topological polar surface area (TPSA) is 66.7 Å². The van der Waals surface area contributed by atoms with Gasteiger partial charge in [-0.15, -0.1) is 11.3 Å². The van der Waals surface area contributed by atoms with Crippen LogP contribution in [0, 0.1) is 16.0 Å². The van der Waals surface area contributed by atoms with Crippen molar-refractivity contribution in [1.29, 1.82) is 0 Å². The van der Waals surface area contributed by atoms with E-state index in [0.29, 0.717) is 38.2 Å². The first kappa shape index (κ1) is 18.7. The van der Waals surface area contributed by atoms with Crippen molar-refractivity contribution >= 4 is 40.2 Å². The normalized spacial score (nSPS) is 15.1. The number of hydrogen-bond acceptors (Lipinski definition) is 5. The Bertz CT molecular complexity index is 802. The Labute approximate surface area is 161 Å². The lowest BCUT2D eigenvalue weighted by atomic mass is 9.95. The van der Waals surface area contributed by atoms with Crippen LogP contribution in [0.5, 0.6) is 0 Å². The highest BCUT2D eigenvalue weighted by Crippen LogP contribution is 2.32. The Balaban J connectivity index is 1.59. The Hall–Kier alpha value is -2.12. The summed E-state index contributed by atoms with van der Waals surface area (Å²) in [6, 6.07) is 10.5. The molecule has 6 nitrogen and oxygen atoms in total. The number of hydrogen-bond donors (Lipinski definition) is 0. The molecule has 1 aromatic heterocycles. The van der Waals surface area contributed by atoms with E-state index < -0.39 is 0 Å². The third-order valence-corrected chi connectivity index (χ3v) is 5.88. The van der Waals surface area contributed by atoms with Gasteiger partial charge in [0.05, 0.1) is 15.8 Å². The van der Waals surface area contributed by atoms with E-state index in [-0.39, 0.29) is 22.4 Å². The zero-order chi connectivity index (χ0) is 18.7. The monoisotopic (exact) mass is 393 g/mol. The fourth-order valence-corrected chi connectivity index (χ4v) is 4.45. The number of thiophene rings is 1. The first-order chi connectivity index (χ1) is 12.5. The van der Waals surface area contributed by atoms with E-state index in [2.05, 4.69) is 0 Å². The standard InChI is InChI=1S/C18H20ClN3O3S/c1-20(12-14-6-7-17(19)26-14)18(23)13-8-10-21(11-9-13)15-4-2-3-5-16(15)22(24)25/h2-7,13H,8-12H2,1H3. The Morgan fingerprint density at radius 1 is 1.31 bits per heavy atom. The molecule has 1 aromatic carbocycles. The summed E-state index contributed by atoms with van der Waals surface area (Å²) < 4.78 is 0.721. The van der Waals surface area contributed by atoms with Crippen LogP contribution in [0.4, 0.5) is 11.4 Å². The fraction of sp³-hybridized carbons (Fsp3) is 0.389. The molecule has 0 bridgehead atoms. The predicted molar refractivity (Wildman–Crippen MR) is 104 cm³/mol. The van der Waals surface area contributed by atoms with Gasteiger partial charge in [-0.1, -0.05) is 23.7 Å². The minimum Gasteiger partial charge on any atom is -0.366 e. The second-order valence-electron chi connectivity index (χ2n) is 6.41. The highest BCUT2D eigenvalue weighted by Gasteiger charge is 2.29. The largest absolute Gasteiger partial charge is 0.366 e. The number of carbonyl (C=O) groups is 1. The molecule has 3 rings (SSSR count). The van der Waals surface area contributed by atoms with Crippen LogP contribution in [0.3, 0.4) is 0 Å². The van der Waals surface area contributed by atoms with E-state index in [1.54, 1.807) is 23.1 Å². The van der Waals surface area contributed by atoms with Gasteiger partial charge in [-0.3, -0.25) is 14.9 Å². The van der Waals surface area contributed by atoms with E-state index in [0.717, 1.165) is 9.21 Å². The van der Waals surface area contributed by atoms with Gasteiger partial charge in [0.1, 0.15) is 5.69 Å². The Kier molecular flexibility index (Phi) is 5.78. The number of rotatable bonds is 5. The molecule has 1 saturated heterocycles. The van der Waals surface area contributed by atoms with Gasteiger partial charge in [-0.2, -0.15) is 0 Å². The number of benzene rings is 1. The molecular weight excluding hydrogens is 374 g/mol. The van der Waals surface area contributed by atoms with Crippen LogP contribution in [-0.2, 0) is 11.3 Å². The first-order valence-electron chi connectivity index (χ1n) is 8.43. The van der Waals surface area contributed by atoms with Crippen molar-refractivity contribution in [2.45, 2.75) is 19.4 Å². The quantitative estimate of drug-likeness (QED) is 0.564. The molecule has 0 saturated carbocycles. The molecule has 2 aromatic rings. The number of piperidine rings is 1. The molecule has 2 heterocycles. The van der Waals surface area contributed by atoms with Gasteiger partial charge in [-0.05, 0) is 31.0 Å². The van der Waals surface area contributed by atoms with Gasteiger partial charge in [0, 0.05) is 37.0 Å². The van der Waals surface area contributed by atoms with Gasteiger partial charge < -0.3 is 9.80 Å². The predicted octanol–water partition coefficient (Wildman–Crippen LogP) is 4.18. The van der Waals surface area contributed by atoms with E-state index in [4.69, 9.17) is 11.6 Å². The van der Waals surface area contributed by atoms with Gasteiger partial charge in [-0.25, -0.2) is 0 Å². The zero-order valence-electron chi connectivity index (χ0n) is 14.4. The number of nitrogens with zero attached hydrogens (tertiary/aromatic N) is 3. The van der Waals surface area contributed by atoms with E-state index in [1.165, 1.54) is 17.4 Å². The number of anilines is 1. The van der Waals surface area contributed by atoms with Crippen LogP contribution in [0.1, 0.15) is 17.7 Å². The molecule has 0 aliphatic carbocycles. The molecule has 0 radical (unpaired) electrons. The van der Waals surface area contributed by atoms with Crippen LogP contribution in [0.25, 0.3) is 0 Å². The smallest absolute Gasteiger partial charge is 0.292 e. The van der Waals surface area contributed by atoms with Crippen molar-refractivity contribution in [2.24, 2.45) is 5.92 Å². The Morgan fingerprint density at radius 3 is 2.62 bits per heavy atom. The third-order valence-electron chi connectivity index (χ3n) is 4.66. The van der Waals surface area contributed by atoms with E-state index >= 15 is 0 Å². The molecule has 0 N–H and O–H groups in total. The maximum absolute atomic E-state index is 12.7. The first-order valence-corrected chi connectivity index (χ1v) is 9.62. The fourth-order valence-electron chi connectivity index (χ4n) is 3.31. The van der Waals surface area contributed by atoms with Crippen LogP contribution in [0.2, 0.25) is 4.34 Å². The van der Waals surface area contributed by atoms with Gasteiger partial charge >= 0.3 is 0 Å². The second-order valence-corrected chi connectivity index (χ2v) is 8.21. The van der Waals surface area contributed by atoms with Crippen molar-refractivity contribution in [3.63, 3.8) is 0 Å². The summed E-state index contributed by atoms with van der Waals surface area (Å²) >= 11 is 7.42. The number of amides is 1. The van der Waals surface area contributed by atoms with Crippen molar-refractivity contribution in [3.8, 4) is 0 Å². The van der Waals surface area contributed by atoms with E-state index in [9.17, 15) is 14.9 Å². The zero-order valence-corrected chi connectivity index (χ0v) is 16.0. The minimum absolute atomic E-state index is 0.0468. The maximum Gasteiger partial charge on any atom is 0.292 e. The average molecular weight is 394 g/mol. The highest BCUT2D eigenvalue weighted by molar-refractivity contribution is 7.16.